The van der Waals surface area contributed by atoms with Crippen molar-refractivity contribution in [3.8, 4) is 0 Å². The van der Waals surface area contributed by atoms with E-state index in [9.17, 15) is 14.4 Å². The smallest absolute Gasteiger partial charge is 0.322 e. The van der Waals surface area contributed by atoms with Gasteiger partial charge in [-0.3, -0.25) is 9.59 Å². The lowest BCUT2D eigenvalue weighted by Gasteiger charge is -2.21. The van der Waals surface area contributed by atoms with Crippen molar-refractivity contribution in [2.45, 2.75) is 25.8 Å². The molecule has 1 aliphatic heterocycles. The van der Waals surface area contributed by atoms with E-state index in [1.807, 2.05) is 6.92 Å². The van der Waals surface area contributed by atoms with E-state index in [0.717, 1.165) is 12.8 Å². The van der Waals surface area contributed by atoms with Crippen LogP contribution >= 0.6 is 0 Å². The number of nitrogens with zero attached hydrogens (tertiary/aromatic N) is 1. The Kier molecular flexibility index (Phi) is 4.74. The number of carboxylic acid groups (broad SMARTS) is 1. The summed E-state index contributed by atoms with van der Waals surface area (Å²) in [5.74, 6) is -1.62. The first-order valence-corrected chi connectivity index (χ1v) is 5.53. The van der Waals surface area contributed by atoms with Crippen LogP contribution in [0, 0.1) is 0 Å². The van der Waals surface area contributed by atoms with Crippen LogP contribution in [0.15, 0.2) is 0 Å². The zero-order chi connectivity index (χ0) is 12.8. The van der Waals surface area contributed by atoms with E-state index in [1.54, 1.807) is 4.90 Å². The van der Waals surface area contributed by atoms with E-state index in [4.69, 9.17) is 5.11 Å². The first-order valence-electron chi connectivity index (χ1n) is 5.53. The van der Waals surface area contributed by atoms with Crippen LogP contribution in [0.2, 0.25) is 0 Å². The highest BCUT2D eigenvalue weighted by Gasteiger charge is 2.24. The molecule has 0 aromatic carbocycles. The minimum Gasteiger partial charge on any atom is -0.480 e. The third-order valence-electron chi connectivity index (χ3n) is 2.65. The SMILES string of the molecule is CC1CCCN1C(=O)NCC(=O)NCC(=O)O. The Morgan fingerprint density at radius 3 is 2.53 bits per heavy atom. The van der Waals surface area contributed by atoms with Crippen LogP contribution in [0.3, 0.4) is 0 Å². The van der Waals surface area contributed by atoms with Gasteiger partial charge in [0, 0.05) is 12.6 Å². The molecular weight excluding hydrogens is 226 g/mol. The van der Waals surface area contributed by atoms with Crippen molar-refractivity contribution in [3.63, 3.8) is 0 Å². The standard InChI is InChI=1S/C10H17N3O4/c1-7-3-2-4-13(7)10(17)12-5-8(14)11-6-9(15)16/h7H,2-6H2,1H3,(H,11,14)(H,12,17)(H,15,16). The molecule has 1 saturated heterocycles. The van der Waals surface area contributed by atoms with Gasteiger partial charge >= 0.3 is 12.0 Å². The van der Waals surface area contributed by atoms with Crippen LogP contribution in [0.5, 0.6) is 0 Å². The van der Waals surface area contributed by atoms with Crippen LogP contribution in [0.1, 0.15) is 19.8 Å². The fourth-order valence-corrected chi connectivity index (χ4v) is 1.73. The van der Waals surface area contributed by atoms with Gasteiger partial charge in [0.15, 0.2) is 0 Å². The second-order valence-electron chi connectivity index (χ2n) is 4.01. The molecule has 17 heavy (non-hydrogen) atoms. The quantitative estimate of drug-likeness (QED) is 0.613. The minimum absolute atomic E-state index is 0.192. The molecule has 0 saturated carbocycles. The predicted molar refractivity (Wildman–Crippen MR) is 59.4 cm³/mol. The van der Waals surface area contributed by atoms with Crippen LogP contribution in [0.4, 0.5) is 4.79 Å². The molecule has 0 spiro atoms. The molecule has 1 atom stereocenters. The molecule has 1 aliphatic rings. The van der Waals surface area contributed by atoms with Gasteiger partial charge in [-0.05, 0) is 19.8 Å². The minimum atomic E-state index is -1.11. The molecule has 0 aromatic heterocycles. The molecule has 0 aliphatic carbocycles. The topological polar surface area (TPSA) is 98.7 Å². The van der Waals surface area contributed by atoms with E-state index < -0.39 is 18.4 Å². The Labute approximate surface area is 99.2 Å². The van der Waals surface area contributed by atoms with Crippen molar-refractivity contribution in [1.82, 2.24) is 15.5 Å². The Bertz CT molecular complexity index is 319. The van der Waals surface area contributed by atoms with Crippen LogP contribution in [-0.4, -0.2) is 53.6 Å². The highest BCUT2D eigenvalue weighted by atomic mass is 16.4. The maximum Gasteiger partial charge on any atom is 0.322 e. The molecule has 1 heterocycles. The third-order valence-corrected chi connectivity index (χ3v) is 2.65. The zero-order valence-corrected chi connectivity index (χ0v) is 9.73. The van der Waals surface area contributed by atoms with Gasteiger partial charge in [0.2, 0.25) is 5.91 Å². The van der Waals surface area contributed by atoms with E-state index in [-0.39, 0.29) is 18.6 Å². The predicted octanol–water partition coefficient (Wildman–Crippen LogP) is -0.619. The number of aliphatic carboxylic acids is 1. The molecule has 0 radical (unpaired) electrons. The van der Waals surface area contributed by atoms with Gasteiger partial charge in [0.25, 0.3) is 0 Å². The van der Waals surface area contributed by atoms with Crippen molar-refractivity contribution >= 4 is 17.9 Å². The van der Waals surface area contributed by atoms with Crippen molar-refractivity contribution in [3.05, 3.63) is 0 Å². The van der Waals surface area contributed by atoms with Crippen LogP contribution < -0.4 is 10.6 Å². The summed E-state index contributed by atoms with van der Waals surface area (Å²) in [5.41, 5.74) is 0. The summed E-state index contributed by atoms with van der Waals surface area (Å²) >= 11 is 0. The number of urea groups is 1. The Hall–Kier alpha value is -1.79. The first kappa shape index (κ1) is 13.3. The van der Waals surface area contributed by atoms with Crippen LogP contribution in [0.25, 0.3) is 0 Å². The van der Waals surface area contributed by atoms with E-state index >= 15 is 0 Å². The molecule has 1 unspecified atom stereocenters. The summed E-state index contributed by atoms with van der Waals surface area (Å²) in [7, 11) is 0. The number of nitrogens with one attached hydrogen (secondary N) is 2. The van der Waals surface area contributed by atoms with Gasteiger partial charge in [-0.1, -0.05) is 0 Å². The average molecular weight is 243 g/mol. The monoisotopic (exact) mass is 243 g/mol. The summed E-state index contributed by atoms with van der Waals surface area (Å²) < 4.78 is 0. The van der Waals surface area contributed by atoms with Crippen molar-refractivity contribution in [2.75, 3.05) is 19.6 Å². The number of likely N-dealkylation sites (tertiary alicyclic amines) is 1. The van der Waals surface area contributed by atoms with Gasteiger partial charge < -0.3 is 20.6 Å². The molecule has 0 bridgehead atoms. The zero-order valence-electron chi connectivity index (χ0n) is 9.73. The number of carboxylic acids is 1. The fraction of sp³-hybridized carbons (Fsp3) is 0.700. The largest absolute Gasteiger partial charge is 0.480 e. The number of hydrogen-bond donors (Lipinski definition) is 3. The number of carbonyl (C=O) groups is 3. The lowest BCUT2D eigenvalue weighted by Crippen LogP contribution is -2.46. The van der Waals surface area contributed by atoms with Crippen molar-refractivity contribution in [2.24, 2.45) is 0 Å². The first-order chi connectivity index (χ1) is 8.00. The normalized spacial score (nSPS) is 18.9. The van der Waals surface area contributed by atoms with E-state index in [0.29, 0.717) is 6.54 Å². The van der Waals surface area contributed by atoms with E-state index in [1.165, 1.54) is 0 Å². The summed E-state index contributed by atoms with van der Waals surface area (Å²) in [6.45, 7) is 2.02. The number of hydrogen-bond acceptors (Lipinski definition) is 3. The van der Waals surface area contributed by atoms with Gasteiger partial charge in [-0.15, -0.1) is 0 Å². The highest BCUT2D eigenvalue weighted by molar-refractivity contribution is 5.86. The molecule has 0 aromatic rings. The molecule has 96 valence electrons. The van der Waals surface area contributed by atoms with Gasteiger partial charge in [0.05, 0.1) is 6.54 Å². The number of amides is 3. The molecule has 7 heteroatoms. The summed E-state index contributed by atoms with van der Waals surface area (Å²) in [6.07, 6.45) is 1.94. The second kappa shape index (κ2) is 6.07. The molecular formula is C10H17N3O4. The van der Waals surface area contributed by atoms with Crippen molar-refractivity contribution in [1.29, 1.82) is 0 Å². The summed E-state index contributed by atoms with van der Waals surface area (Å²) in [4.78, 5) is 34.6. The Morgan fingerprint density at radius 2 is 2.00 bits per heavy atom. The molecule has 3 N–H and O–H groups in total. The Morgan fingerprint density at radius 1 is 1.29 bits per heavy atom. The van der Waals surface area contributed by atoms with Gasteiger partial charge in [-0.25, -0.2) is 4.79 Å². The number of rotatable bonds is 4. The summed E-state index contributed by atoms with van der Waals surface area (Å²) in [5, 5.41) is 13.0. The molecule has 1 fully saturated rings. The molecule has 7 nitrogen and oxygen atoms in total. The number of carbonyl (C=O) groups excluding carboxylic acids is 2. The van der Waals surface area contributed by atoms with Crippen LogP contribution in [-0.2, 0) is 9.59 Å². The Balaban J connectivity index is 2.23. The maximum atomic E-state index is 11.6. The molecule has 3 amide bonds. The fourth-order valence-electron chi connectivity index (χ4n) is 1.73. The lowest BCUT2D eigenvalue weighted by atomic mass is 10.2. The maximum absolute atomic E-state index is 11.6. The lowest BCUT2D eigenvalue weighted by molar-refractivity contribution is -0.137. The average Bonchev–Trinajstić information content (AvgIpc) is 2.69. The van der Waals surface area contributed by atoms with Crippen molar-refractivity contribution < 1.29 is 19.5 Å². The highest BCUT2D eigenvalue weighted by Crippen LogP contribution is 2.15. The summed E-state index contributed by atoms with van der Waals surface area (Å²) in [6, 6.07) is -0.0856. The third kappa shape index (κ3) is 4.29. The van der Waals surface area contributed by atoms with Gasteiger partial charge in [-0.2, -0.15) is 0 Å². The second-order valence-corrected chi connectivity index (χ2v) is 4.01. The van der Waals surface area contributed by atoms with Gasteiger partial charge in [0.1, 0.15) is 6.54 Å². The molecule has 1 rings (SSSR count). The van der Waals surface area contributed by atoms with E-state index in [2.05, 4.69) is 10.6 Å².